The molecule has 0 unspecified atom stereocenters. The Balaban J connectivity index is 2.49. The first-order valence-electron chi connectivity index (χ1n) is 4.52. The van der Waals surface area contributed by atoms with Gasteiger partial charge in [-0.1, -0.05) is 6.08 Å². The van der Waals surface area contributed by atoms with E-state index in [0.29, 0.717) is 0 Å². The highest BCUT2D eigenvalue weighted by Gasteiger charge is 2.04. The molecule has 0 aliphatic carbocycles. The minimum Gasteiger partial charge on any atom is -0.501 e. The molecule has 0 spiro atoms. The first-order valence-corrected chi connectivity index (χ1v) is 4.52. The molecule has 2 N–H and O–H groups in total. The van der Waals surface area contributed by atoms with Gasteiger partial charge in [0.25, 0.3) is 0 Å². The summed E-state index contributed by atoms with van der Waals surface area (Å²) in [7, 11) is 0. The molecule has 1 heterocycles. The van der Waals surface area contributed by atoms with Gasteiger partial charge >= 0.3 is 0 Å². The van der Waals surface area contributed by atoms with E-state index in [0.717, 1.165) is 32.4 Å². The van der Waals surface area contributed by atoms with Crippen LogP contribution in [0.25, 0.3) is 0 Å². The fourth-order valence-corrected chi connectivity index (χ4v) is 1.29. The molecule has 68 valence electrons. The summed E-state index contributed by atoms with van der Waals surface area (Å²) in [4.78, 5) is 0. The third-order valence-electron chi connectivity index (χ3n) is 2.06. The third-order valence-corrected chi connectivity index (χ3v) is 2.06. The van der Waals surface area contributed by atoms with Crippen molar-refractivity contribution in [1.29, 1.82) is 0 Å². The number of nitrogens with two attached hydrogens (primary N) is 1. The Bertz CT molecular complexity index is 194. The monoisotopic (exact) mass is 167 g/mol. The maximum absolute atomic E-state index is 5.41. The number of ether oxygens (including phenoxy) is 1. The quantitative estimate of drug-likeness (QED) is 0.697. The SMILES string of the molecule is CC(=CCCN)C1=COCCC1. The van der Waals surface area contributed by atoms with Crippen molar-refractivity contribution in [2.24, 2.45) is 5.73 Å². The molecule has 1 aliphatic rings. The maximum atomic E-state index is 5.41. The zero-order valence-electron chi connectivity index (χ0n) is 7.68. The van der Waals surface area contributed by atoms with E-state index in [9.17, 15) is 0 Å². The Labute approximate surface area is 74.1 Å². The summed E-state index contributed by atoms with van der Waals surface area (Å²) in [6, 6.07) is 0. The predicted octanol–water partition coefficient (Wildman–Crippen LogP) is 1.98. The molecule has 0 aromatic heterocycles. The number of rotatable bonds is 3. The van der Waals surface area contributed by atoms with Gasteiger partial charge in [0, 0.05) is 0 Å². The molecule has 0 amide bonds. The van der Waals surface area contributed by atoms with Gasteiger partial charge in [-0.2, -0.15) is 0 Å². The summed E-state index contributed by atoms with van der Waals surface area (Å²) in [6.45, 7) is 3.72. The number of hydrogen-bond acceptors (Lipinski definition) is 2. The van der Waals surface area contributed by atoms with E-state index in [2.05, 4.69) is 13.0 Å². The van der Waals surface area contributed by atoms with Gasteiger partial charge in [-0.25, -0.2) is 0 Å². The Hall–Kier alpha value is -0.760. The Morgan fingerprint density at radius 2 is 2.58 bits per heavy atom. The van der Waals surface area contributed by atoms with Crippen LogP contribution in [-0.2, 0) is 4.74 Å². The standard InChI is InChI=1S/C10H17NO/c1-9(4-2-6-11)10-5-3-7-12-8-10/h4,8H,2-3,5-7,11H2,1H3. The largest absolute Gasteiger partial charge is 0.501 e. The molecule has 0 saturated carbocycles. The summed E-state index contributed by atoms with van der Waals surface area (Å²) < 4.78 is 5.25. The summed E-state index contributed by atoms with van der Waals surface area (Å²) in [5.74, 6) is 0. The van der Waals surface area contributed by atoms with E-state index in [-0.39, 0.29) is 0 Å². The lowest BCUT2D eigenvalue weighted by Crippen LogP contribution is -2.01. The molecule has 0 radical (unpaired) electrons. The van der Waals surface area contributed by atoms with Crippen LogP contribution in [0.4, 0.5) is 0 Å². The lowest BCUT2D eigenvalue weighted by molar-refractivity contribution is 0.226. The molecule has 1 rings (SSSR count). The highest BCUT2D eigenvalue weighted by Crippen LogP contribution is 2.19. The van der Waals surface area contributed by atoms with Crippen molar-refractivity contribution in [2.75, 3.05) is 13.2 Å². The van der Waals surface area contributed by atoms with Crippen LogP contribution in [0.3, 0.4) is 0 Å². The maximum Gasteiger partial charge on any atom is 0.0876 e. The molecule has 0 bridgehead atoms. The molecule has 0 aromatic carbocycles. The van der Waals surface area contributed by atoms with Crippen molar-refractivity contribution in [1.82, 2.24) is 0 Å². The molecule has 1 aliphatic heterocycles. The predicted molar refractivity (Wildman–Crippen MR) is 50.7 cm³/mol. The Morgan fingerprint density at radius 3 is 3.17 bits per heavy atom. The van der Waals surface area contributed by atoms with Gasteiger partial charge in [-0.15, -0.1) is 0 Å². The lowest BCUT2D eigenvalue weighted by Gasteiger charge is -2.13. The zero-order chi connectivity index (χ0) is 8.81. The molecule has 2 heteroatoms. The van der Waals surface area contributed by atoms with Crippen molar-refractivity contribution in [2.45, 2.75) is 26.2 Å². The van der Waals surface area contributed by atoms with Crippen molar-refractivity contribution in [3.05, 3.63) is 23.5 Å². The second kappa shape index (κ2) is 4.99. The van der Waals surface area contributed by atoms with Crippen molar-refractivity contribution in [3.8, 4) is 0 Å². The molecule has 0 atom stereocenters. The van der Waals surface area contributed by atoms with Crippen LogP contribution in [0.1, 0.15) is 26.2 Å². The third kappa shape index (κ3) is 2.70. The molecule has 0 saturated heterocycles. The summed E-state index contributed by atoms with van der Waals surface area (Å²) >= 11 is 0. The van der Waals surface area contributed by atoms with Crippen molar-refractivity contribution in [3.63, 3.8) is 0 Å². The van der Waals surface area contributed by atoms with E-state index < -0.39 is 0 Å². The van der Waals surface area contributed by atoms with Crippen LogP contribution in [0.5, 0.6) is 0 Å². The van der Waals surface area contributed by atoms with Gasteiger partial charge in [-0.05, 0) is 43.9 Å². The summed E-state index contributed by atoms with van der Waals surface area (Å²) in [5, 5.41) is 0. The van der Waals surface area contributed by atoms with E-state index in [1.807, 2.05) is 6.26 Å². The van der Waals surface area contributed by atoms with Gasteiger partial charge in [0.2, 0.25) is 0 Å². The topological polar surface area (TPSA) is 35.2 Å². The zero-order valence-corrected chi connectivity index (χ0v) is 7.68. The molecular formula is C10H17NO. The van der Waals surface area contributed by atoms with E-state index in [4.69, 9.17) is 10.5 Å². The fourth-order valence-electron chi connectivity index (χ4n) is 1.29. The van der Waals surface area contributed by atoms with Gasteiger partial charge < -0.3 is 10.5 Å². The number of allylic oxidation sites excluding steroid dienone is 2. The van der Waals surface area contributed by atoms with Gasteiger partial charge in [0.1, 0.15) is 0 Å². The van der Waals surface area contributed by atoms with E-state index in [1.165, 1.54) is 11.1 Å². The second-order valence-electron chi connectivity index (χ2n) is 3.08. The Kier molecular flexibility index (Phi) is 3.88. The van der Waals surface area contributed by atoms with Crippen LogP contribution in [0.2, 0.25) is 0 Å². The van der Waals surface area contributed by atoms with Crippen LogP contribution in [0, 0.1) is 0 Å². The normalized spacial score (nSPS) is 18.5. The number of hydrogen-bond donors (Lipinski definition) is 1. The second-order valence-corrected chi connectivity index (χ2v) is 3.08. The first kappa shape index (κ1) is 9.33. The molecule has 0 fully saturated rings. The van der Waals surface area contributed by atoms with E-state index >= 15 is 0 Å². The van der Waals surface area contributed by atoms with E-state index in [1.54, 1.807) is 0 Å². The van der Waals surface area contributed by atoms with Gasteiger partial charge in [0.15, 0.2) is 0 Å². The summed E-state index contributed by atoms with van der Waals surface area (Å²) in [6.07, 6.45) is 7.31. The Morgan fingerprint density at radius 1 is 1.75 bits per heavy atom. The molecule has 2 nitrogen and oxygen atoms in total. The van der Waals surface area contributed by atoms with Crippen molar-refractivity contribution < 1.29 is 4.74 Å². The van der Waals surface area contributed by atoms with Crippen LogP contribution >= 0.6 is 0 Å². The summed E-state index contributed by atoms with van der Waals surface area (Å²) in [5.41, 5.74) is 8.06. The van der Waals surface area contributed by atoms with Gasteiger partial charge in [-0.3, -0.25) is 0 Å². The average molecular weight is 167 g/mol. The van der Waals surface area contributed by atoms with Gasteiger partial charge in [0.05, 0.1) is 12.9 Å². The minimum absolute atomic E-state index is 0.728. The fraction of sp³-hybridized carbons (Fsp3) is 0.600. The van der Waals surface area contributed by atoms with Crippen LogP contribution in [-0.4, -0.2) is 13.2 Å². The molecular weight excluding hydrogens is 150 g/mol. The lowest BCUT2D eigenvalue weighted by atomic mass is 10.0. The van der Waals surface area contributed by atoms with Crippen molar-refractivity contribution >= 4 is 0 Å². The first-order chi connectivity index (χ1) is 5.84. The highest BCUT2D eigenvalue weighted by atomic mass is 16.5. The average Bonchev–Trinajstić information content (AvgIpc) is 2.15. The van der Waals surface area contributed by atoms with Crippen LogP contribution < -0.4 is 5.73 Å². The highest BCUT2D eigenvalue weighted by molar-refractivity contribution is 5.28. The minimum atomic E-state index is 0.728. The molecule has 12 heavy (non-hydrogen) atoms. The smallest absolute Gasteiger partial charge is 0.0876 e. The van der Waals surface area contributed by atoms with Crippen LogP contribution in [0.15, 0.2) is 23.5 Å². The molecule has 0 aromatic rings.